The van der Waals surface area contributed by atoms with Gasteiger partial charge >= 0.3 is 11.9 Å². The molecule has 34 heavy (non-hydrogen) atoms. The number of nitrogens with zero attached hydrogens (tertiary/aromatic N) is 1. The Bertz CT molecular complexity index is 1100. The number of ether oxygens (including phenoxy) is 2. The van der Waals surface area contributed by atoms with Crippen molar-refractivity contribution < 1.29 is 28.8 Å². The SMILES string of the molecule is CCOC(=O)c1sc(NC(NC(=O)c2cccc([N+](=O)[O-])c2)C(Cl)(Cl)Cl)c(C(=O)OCC)c1C. The van der Waals surface area contributed by atoms with Gasteiger partial charge in [-0.15, -0.1) is 11.3 Å². The van der Waals surface area contributed by atoms with Gasteiger partial charge in [-0.3, -0.25) is 14.9 Å². The number of hydrogen-bond donors (Lipinski definition) is 2. The van der Waals surface area contributed by atoms with Gasteiger partial charge in [-0.05, 0) is 32.4 Å². The number of esters is 2. The summed E-state index contributed by atoms with van der Waals surface area (Å²) in [5.74, 6) is -2.18. The van der Waals surface area contributed by atoms with Crippen LogP contribution in [-0.4, -0.2) is 45.9 Å². The molecule has 0 saturated carbocycles. The Morgan fingerprint density at radius 2 is 1.76 bits per heavy atom. The van der Waals surface area contributed by atoms with Crippen LogP contribution < -0.4 is 10.6 Å². The van der Waals surface area contributed by atoms with Crippen molar-refractivity contribution in [2.45, 2.75) is 30.7 Å². The van der Waals surface area contributed by atoms with Gasteiger partial charge in [0.15, 0.2) is 0 Å². The number of carbonyl (C=O) groups excluding carboxylic acids is 3. The Balaban J connectivity index is 2.44. The number of amides is 1. The van der Waals surface area contributed by atoms with E-state index in [1.165, 1.54) is 25.1 Å². The molecule has 2 rings (SSSR count). The molecule has 0 spiro atoms. The van der Waals surface area contributed by atoms with Crippen molar-refractivity contribution in [1.29, 1.82) is 0 Å². The molecule has 1 heterocycles. The zero-order valence-electron chi connectivity index (χ0n) is 18.1. The molecule has 10 nitrogen and oxygen atoms in total. The van der Waals surface area contributed by atoms with Crippen molar-refractivity contribution in [3.8, 4) is 0 Å². The average Bonchev–Trinajstić information content (AvgIpc) is 3.09. The summed E-state index contributed by atoms with van der Waals surface area (Å²) in [5.41, 5.74) is -0.0599. The average molecular weight is 553 g/mol. The number of thiophene rings is 1. The molecule has 0 aliphatic carbocycles. The Hall–Kier alpha value is -2.60. The van der Waals surface area contributed by atoms with Gasteiger partial charge in [0.05, 0.1) is 23.7 Å². The van der Waals surface area contributed by atoms with Crippen molar-refractivity contribution in [3.05, 3.63) is 55.9 Å². The second-order valence-electron chi connectivity index (χ2n) is 6.60. The van der Waals surface area contributed by atoms with Crippen molar-refractivity contribution in [2.24, 2.45) is 0 Å². The third kappa shape index (κ3) is 6.72. The number of hydrogen-bond acceptors (Lipinski definition) is 9. The van der Waals surface area contributed by atoms with Gasteiger partial charge in [0.1, 0.15) is 16.0 Å². The van der Waals surface area contributed by atoms with Gasteiger partial charge in [0, 0.05) is 17.7 Å². The summed E-state index contributed by atoms with van der Waals surface area (Å²) in [4.78, 5) is 48.2. The second-order valence-corrected chi connectivity index (χ2v) is 9.99. The number of carbonyl (C=O) groups is 3. The molecule has 1 atom stereocenters. The van der Waals surface area contributed by atoms with Crippen LogP contribution in [0.25, 0.3) is 0 Å². The highest BCUT2D eigenvalue weighted by atomic mass is 35.6. The van der Waals surface area contributed by atoms with E-state index in [4.69, 9.17) is 44.3 Å². The number of nitro benzene ring substituents is 1. The van der Waals surface area contributed by atoms with Crippen molar-refractivity contribution in [3.63, 3.8) is 0 Å². The molecule has 2 aromatic rings. The summed E-state index contributed by atoms with van der Waals surface area (Å²) in [6, 6.07) is 4.95. The minimum absolute atomic E-state index is 0.0127. The summed E-state index contributed by atoms with van der Waals surface area (Å²) < 4.78 is 7.98. The Morgan fingerprint density at radius 3 is 2.32 bits per heavy atom. The van der Waals surface area contributed by atoms with Gasteiger partial charge < -0.3 is 20.1 Å². The maximum Gasteiger partial charge on any atom is 0.348 e. The number of rotatable bonds is 9. The first-order chi connectivity index (χ1) is 15.9. The summed E-state index contributed by atoms with van der Waals surface area (Å²) in [5, 5.41) is 16.3. The van der Waals surface area contributed by atoms with Crippen LogP contribution in [0.3, 0.4) is 0 Å². The number of nitrogens with one attached hydrogen (secondary N) is 2. The fraction of sp³-hybridized carbons (Fsp3) is 0.350. The number of anilines is 1. The third-order valence-electron chi connectivity index (χ3n) is 4.28. The van der Waals surface area contributed by atoms with Crippen LogP contribution >= 0.6 is 46.1 Å². The molecule has 1 aromatic carbocycles. The molecule has 0 radical (unpaired) electrons. The van der Waals surface area contributed by atoms with E-state index in [1.807, 2.05) is 0 Å². The number of benzene rings is 1. The van der Waals surface area contributed by atoms with E-state index in [2.05, 4.69) is 10.6 Å². The van der Waals surface area contributed by atoms with E-state index in [1.54, 1.807) is 13.8 Å². The van der Waals surface area contributed by atoms with Crippen molar-refractivity contribution in [2.75, 3.05) is 18.5 Å². The Labute approximate surface area is 213 Å². The molecule has 14 heteroatoms. The quantitative estimate of drug-likeness (QED) is 0.148. The number of halogens is 3. The first kappa shape index (κ1) is 27.6. The molecule has 2 N–H and O–H groups in total. The van der Waals surface area contributed by atoms with Gasteiger partial charge in [-0.2, -0.15) is 0 Å². The molecule has 0 bridgehead atoms. The summed E-state index contributed by atoms with van der Waals surface area (Å²) in [6.45, 7) is 4.96. The molecule has 184 valence electrons. The number of alkyl halides is 3. The first-order valence-corrected chi connectivity index (χ1v) is 11.7. The smallest absolute Gasteiger partial charge is 0.348 e. The van der Waals surface area contributed by atoms with E-state index >= 15 is 0 Å². The van der Waals surface area contributed by atoms with E-state index in [9.17, 15) is 24.5 Å². The number of non-ortho nitro benzene ring substituents is 1. The highest BCUT2D eigenvalue weighted by Crippen LogP contribution is 2.38. The third-order valence-corrected chi connectivity index (χ3v) is 6.14. The molecule has 0 saturated heterocycles. The predicted molar refractivity (Wildman–Crippen MR) is 129 cm³/mol. The lowest BCUT2D eigenvalue weighted by molar-refractivity contribution is -0.384. The molecular weight excluding hydrogens is 533 g/mol. The molecular formula is C20H20Cl3N3O7S. The predicted octanol–water partition coefficient (Wildman–Crippen LogP) is 4.86. The summed E-state index contributed by atoms with van der Waals surface area (Å²) in [7, 11) is 0. The monoisotopic (exact) mass is 551 g/mol. The van der Waals surface area contributed by atoms with E-state index in [0.29, 0.717) is 0 Å². The standard InChI is InChI=1S/C20H20Cl3N3O7S/c1-4-32-17(28)13-10(3)14(18(29)33-5-2)34-16(13)25-19(20(21,22)23)24-15(27)11-7-6-8-12(9-11)26(30)31/h6-9,19,25H,4-5H2,1-3H3,(H,24,27). The summed E-state index contributed by atoms with van der Waals surface area (Å²) >= 11 is 19.0. The van der Waals surface area contributed by atoms with Crippen LogP contribution in [0.4, 0.5) is 10.7 Å². The topological polar surface area (TPSA) is 137 Å². The zero-order chi connectivity index (χ0) is 25.6. The van der Waals surface area contributed by atoms with Crippen LogP contribution in [-0.2, 0) is 9.47 Å². The maximum atomic E-state index is 12.7. The molecule has 0 fully saturated rings. The van der Waals surface area contributed by atoms with Gasteiger partial charge in [0.2, 0.25) is 3.79 Å². The normalized spacial score (nSPS) is 11.9. The van der Waals surface area contributed by atoms with E-state index in [-0.39, 0.29) is 45.5 Å². The lowest BCUT2D eigenvalue weighted by atomic mass is 10.1. The van der Waals surface area contributed by atoms with Gasteiger partial charge in [-0.25, -0.2) is 9.59 Å². The van der Waals surface area contributed by atoms with Crippen LogP contribution in [0.1, 0.15) is 49.8 Å². The second kappa shape index (κ2) is 11.7. The Kier molecular flexibility index (Phi) is 9.51. The lowest BCUT2D eigenvalue weighted by Crippen LogP contribution is -2.49. The van der Waals surface area contributed by atoms with Gasteiger partial charge in [-0.1, -0.05) is 40.9 Å². The fourth-order valence-electron chi connectivity index (χ4n) is 2.76. The highest BCUT2D eigenvalue weighted by Gasteiger charge is 2.37. The highest BCUT2D eigenvalue weighted by molar-refractivity contribution is 7.18. The molecule has 0 aliphatic heterocycles. The Morgan fingerprint density at radius 1 is 1.15 bits per heavy atom. The fourth-order valence-corrected chi connectivity index (χ4v) is 4.21. The van der Waals surface area contributed by atoms with Gasteiger partial charge in [0.25, 0.3) is 11.6 Å². The minimum Gasteiger partial charge on any atom is -0.462 e. The van der Waals surface area contributed by atoms with Crippen LogP contribution in [0.15, 0.2) is 24.3 Å². The summed E-state index contributed by atoms with van der Waals surface area (Å²) in [6.07, 6.45) is -1.41. The zero-order valence-corrected chi connectivity index (χ0v) is 21.2. The van der Waals surface area contributed by atoms with Crippen molar-refractivity contribution in [1.82, 2.24) is 5.32 Å². The van der Waals surface area contributed by atoms with Crippen LogP contribution in [0.5, 0.6) is 0 Å². The molecule has 1 aromatic heterocycles. The largest absolute Gasteiger partial charge is 0.462 e. The minimum atomic E-state index is -2.13. The van der Waals surface area contributed by atoms with Crippen LogP contribution in [0.2, 0.25) is 0 Å². The maximum absolute atomic E-state index is 12.7. The van der Waals surface area contributed by atoms with E-state index < -0.39 is 32.7 Å². The molecule has 0 aliphatic rings. The lowest BCUT2D eigenvalue weighted by Gasteiger charge is -2.27. The number of nitro groups is 1. The van der Waals surface area contributed by atoms with Crippen molar-refractivity contribution >= 4 is 74.7 Å². The molecule has 1 unspecified atom stereocenters. The molecule has 1 amide bonds. The first-order valence-electron chi connectivity index (χ1n) is 9.76. The van der Waals surface area contributed by atoms with Crippen LogP contribution in [0, 0.1) is 17.0 Å². The van der Waals surface area contributed by atoms with E-state index in [0.717, 1.165) is 17.4 Å².